The van der Waals surface area contributed by atoms with Crippen LogP contribution in [0.25, 0.3) is 11.0 Å². The highest BCUT2D eigenvalue weighted by molar-refractivity contribution is 6.30. The van der Waals surface area contributed by atoms with Crippen LogP contribution in [0.3, 0.4) is 0 Å². The number of para-hydroxylation sites is 2. The summed E-state index contributed by atoms with van der Waals surface area (Å²) in [6, 6.07) is 14.3. The molecule has 7 nitrogen and oxygen atoms in total. The third-order valence-corrected chi connectivity index (χ3v) is 6.66. The lowest BCUT2D eigenvalue weighted by Crippen LogP contribution is -2.44. The zero-order valence-electron chi connectivity index (χ0n) is 19.5. The summed E-state index contributed by atoms with van der Waals surface area (Å²) in [5.41, 5.74) is 0.660. The number of benzene rings is 2. The number of carbonyl (C=O) groups excluding carboxylic acids is 1. The van der Waals surface area contributed by atoms with Crippen molar-refractivity contribution in [2.45, 2.75) is 39.3 Å². The number of nitrogens with one attached hydrogen (secondary N) is 1. The zero-order valence-corrected chi connectivity index (χ0v) is 20.3. The van der Waals surface area contributed by atoms with Crippen molar-refractivity contribution >= 4 is 28.5 Å². The van der Waals surface area contributed by atoms with E-state index in [1.54, 1.807) is 30.3 Å². The number of nitrogens with zero attached hydrogens (tertiary/aromatic N) is 3. The Kier molecular flexibility index (Phi) is 7.85. The molecule has 1 aliphatic rings. The summed E-state index contributed by atoms with van der Waals surface area (Å²) in [6.45, 7) is 6.07. The molecule has 1 N–H and O–H groups in total. The van der Waals surface area contributed by atoms with E-state index in [2.05, 4.69) is 17.1 Å². The number of hydrogen-bond acceptors (Lipinski definition) is 4. The van der Waals surface area contributed by atoms with E-state index in [0.717, 1.165) is 37.5 Å². The molecule has 0 radical (unpaired) electrons. The van der Waals surface area contributed by atoms with Crippen LogP contribution >= 0.6 is 11.6 Å². The lowest BCUT2D eigenvalue weighted by Gasteiger charge is -2.30. The highest BCUT2D eigenvalue weighted by atomic mass is 35.5. The van der Waals surface area contributed by atoms with Crippen molar-refractivity contribution in [3.05, 3.63) is 79.8 Å². The lowest BCUT2D eigenvalue weighted by molar-refractivity contribution is -0.121. The molecule has 0 saturated carbocycles. The van der Waals surface area contributed by atoms with E-state index in [9.17, 15) is 14.4 Å². The van der Waals surface area contributed by atoms with Gasteiger partial charge in [0.1, 0.15) is 6.54 Å². The quantitative estimate of drug-likeness (QED) is 0.395. The van der Waals surface area contributed by atoms with E-state index in [-0.39, 0.29) is 19.0 Å². The van der Waals surface area contributed by atoms with Crippen molar-refractivity contribution in [2.24, 2.45) is 5.92 Å². The minimum absolute atomic E-state index is 0.183. The fourth-order valence-electron chi connectivity index (χ4n) is 4.68. The second kappa shape index (κ2) is 11.0. The fourth-order valence-corrected chi connectivity index (χ4v) is 4.80. The number of rotatable bonds is 8. The predicted molar refractivity (Wildman–Crippen MR) is 135 cm³/mol. The first kappa shape index (κ1) is 24.2. The van der Waals surface area contributed by atoms with Gasteiger partial charge in [0.25, 0.3) is 0 Å². The number of fused-ring (bicyclic) bond motifs is 1. The summed E-state index contributed by atoms with van der Waals surface area (Å²) < 4.78 is 2.73. The Bertz CT molecular complexity index is 1270. The van der Waals surface area contributed by atoms with E-state index < -0.39 is 11.1 Å². The number of likely N-dealkylation sites (tertiary alicyclic amines) is 1. The van der Waals surface area contributed by atoms with E-state index in [1.165, 1.54) is 22.0 Å². The smallest absolute Gasteiger partial charge is 0.317 e. The molecule has 4 rings (SSSR count). The number of aromatic nitrogens is 2. The van der Waals surface area contributed by atoms with Crippen LogP contribution in [0.4, 0.5) is 0 Å². The standard InChI is InChI=1S/C26H31ClN4O3/c1-19-6-4-14-29(16-19)15-5-13-28-24(32)18-31-23-8-3-2-7-22(23)30(25(33)26(31)34)17-20-9-11-21(27)12-10-20/h2-3,7-12,19H,4-6,13-18H2,1H3,(H,28,32)/t19-/m0/s1. The molecular formula is C26H31ClN4O3. The molecule has 1 aromatic heterocycles. The van der Waals surface area contributed by atoms with Crippen LogP contribution in [-0.4, -0.2) is 46.1 Å². The molecular weight excluding hydrogens is 452 g/mol. The Hall–Kier alpha value is -2.90. The topological polar surface area (TPSA) is 76.3 Å². The molecule has 1 amide bonds. The van der Waals surface area contributed by atoms with Crippen LogP contribution in [0.5, 0.6) is 0 Å². The third-order valence-electron chi connectivity index (χ3n) is 6.41. The van der Waals surface area contributed by atoms with Crippen molar-refractivity contribution in [1.82, 2.24) is 19.4 Å². The minimum Gasteiger partial charge on any atom is -0.355 e. The van der Waals surface area contributed by atoms with Gasteiger partial charge in [-0.1, -0.05) is 42.8 Å². The average molecular weight is 483 g/mol. The Morgan fingerprint density at radius 2 is 1.71 bits per heavy atom. The summed E-state index contributed by atoms with van der Waals surface area (Å²) in [4.78, 5) is 41.0. The van der Waals surface area contributed by atoms with Gasteiger partial charge >= 0.3 is 11.1 Å². The monoisotopic (exact) mass is 482 g/mol. The van der Waals surface area contributed by atoms with Crippen LogP contribution < -0.4 is 16.4 Å². The first-order valence-corrected chi connectivity index (χ1v) is 12.3. The molecule has 34 heavy (non-hydrogen) atoms. The molecule has 0 unspecified atom stereocenters. The Morgan fingerprint density at radius 3 is 2.41 bits per heavy atom. The summed E-state index contributed by atoms with van der Waals surface area (Å²) in [5.74, 6) is 0.458. The Morgan fingerprint density at radius 1 is 1.03 bits per heavy atom. The van der Waals surface area contributed by atoms with Gasteiger partial charge in [-0.2, -0.15) is 0 Å². The molecule has 1 aliphatic heterocycles. The molecule has 0 spiro atoms. The van der Waals surface area contributed by atoms with E-state index in [1.807, 2.05) is 18.2 Å². The molecule has 1 saturated heterocycles. The average Bonchev–Trinajstić information content (AvgIpc) is 2.83. The van der Waals surface area contributed by atoms with Crippen molar-refractivity contribution in [3.63, 3.8) is 0 Å². The van der Waals surface area contributed by atoms with Gasteiger partial charge < -0.3 is 10.2 Å². The van der Waals surface area contributed by atoms with Gasteiger partial charge in [0.2, 0.25) is 5.91 Å². The molecule has 2 heterocycles. The Labute approximate surface area is 204 Å². The number of carbonyl (C=O) groups is 1. The first-order chi connectivity index (χ1) is 16.4. The first-order valence-electron chi connectivity index (χ1n) is 11.9. The fraction of sp³-hybridized carbons (Fsp3) is 0.423. The number of halogens is 1. The van der Waals surface area contributed by atoms with Gasteiger partial charge in [0.05, 0.1) is 17.6 Å². The SMILES string of the molecule is C[C@H]1CCCN(CCCNC(=O)Cn2c(=O)c(=O)n(Cc3ccc(Cl)cc3)c3ccccc32)C1. The highest BCUT2D eigenvalue weighted by Gasteiger charge is 2.17. The molecule has 8 heteroatoms. The second-order valence-electron chi connectivity index (χ2n) is 9.15. The van der Waals surface area contributed by atoms with Gasteiger partial charge in [0, 0.05) is 18.1 Å². The van der Waals surface area contributed by atoms with Gasteiger partial charge in [-0.3, -0.25) is 23.5 Å². The summed E-state index contributed by atoms with van der Waals surface area (Å²) >= 11 is 5.96. The molecule has 1 atom stereocenters. The molecule has 0 aliphatic carbocycles. The number of hydrogen-bond donors (Lipinski definition) is 1. The maximum atomic E-state index is 13.0. The maximum Gasteiger partial charge on any atom is 0.317 e. The van der Waals surface area contributed by atoms with Crippen molar-refractivity contribution in [1.29, 1.82) is 0 Å². The normalized spacial score (nSPS) is 16.6. The van der Waals surface area contributed by atoms with Gasteiger partial charge in [0.15, 0.2) is 0 Å². The largest absolute Gasteiger partial charge is 0.355 e. The lowest BCUT2D eigenvalue weighted by atomic mass is 10.0. The Balaban J connectivity index is 1.46. The van der Waals surface area contributed by atoms with Crippen LogP contribution in [0.1, 0.15) is 31.7 Å². The molecule has 0 bridgehead atoms. The van der Waals surface area contributed by atoms with Gasteiger partial charge in [-0.15, -0.1) is 0 Å². The van der Waals surface area contributed by atoms with Crippen molar-refractivity contribution in [2.75, 3.05) is 26.2 Å². The summed E-state index contributed by atoms with van der Waals surface area (Å²) in [5, 5.41) is 3.51. The van der Waals surface area contributed by atoms with Gasteiger partial charge in [-0.25, -0.2) is 0 Å². The van der Waals surface area contributed by atoms with E-state index in [4.69, 9.17) is 11.6 Å². The van der Waals surface area contributed by atoms with E-state index in [0.29, 0.717) is 22.6 Å². The summed E-state index contributed by atoms with van der Waals surface area (Å²) in [6.07, 6.45) is 3.37. The third kappa shape index (κ3) is 5.77. The molecule has 1 fully saturated rings. The maximum absolute atomic E-state index is 13.0. The van der Waals surface area contributed by atoms with Crippen LogP contribution in [-0.2, 0) is 17.9 Å². The summed E-state index contributed by atoms with van der Waals surface area (Å²) in [7, 11) is 0. The zero-order chi connectivity index (χ0) is 24.1. The van der Waals surface area contributed by atoms with Gasteiger partial charge in [-0.05, 0) is 68.1 Å². The molecule has 180 valence electrons. The molecule has 2 aromatic carbocycles. The van der Waals surface area contributed by atoms with Crippen LogP contribution in [0, 0.1) is 5.92 Å². The molecule has 3 aromatic rings. The number of piperidine rings is 1. The van der Waals surface area contributed by atoms with E-state index >= 15 is 0 Å². The predicted octanol–water partition coefficient (Wildman–Crippen LogP) is 3.10. The number of amides is 1. The minimum atomic E-state index is -0.704. The van der Waals surface area contributed by atoms with Crippen LogP contribution in [0.15, 0.2) is 58.1 Å². The second-order valence-corrected chi connectivity index (χ2v) is 9.59. The highest BCUT2D eigenvalue weighted by Crippen LogP contribution is 2.16. The van der Waals surface area contributed by atoms with Crippen molar-refractivity contribution in [3.8, 4) is 0 Å². The van der Waals surface area contributed by atoms with Crippen molar-refractivity contribution < 1.29 is 4.79 Å². The van der Waals surface area contributed by atoms with Crippen LogP contribution in [0.2, 0.25) is 5.02 Å².